The minimum absolute atomic E-state index is 1.13. The predicted molar refractivity (Wildman–Crippen MR) is 60.4 cm³/mol. The van der Waals surface area contributed by atoms with E-state index < -0.39 is 0 Å². The molecule has 2 aromatic rings. The van der Waals surface area contributed by atoms with Crippen molar-refractivity contribution >= 4 is 27.0 Å². The highest BCUT2D eigenvalue weighted by Gasteiger charge is 2.13. The van der Waals surface area contributed by atoms with E-state index >= 15 is 0 Å². The van der Waals surface area contributed by atoms with Crippen molar-refractivity contribution in [2.75, 3.05) is 0 Å². The molecule has 1 aromatic carbocycles. The summed E-state index contributed by atoms with van der Waals surface area (Å²) in [5, 5.41) is 0. The van der Waals surface area contributed by atoms with Crippen LogP contribution in [0.5, 0.6) is 0 Å². The summed E-state index contributed by atoms with van der Waals surface area (Å²) in [6.07, 6.45) is 3.70. The van der Waals surface area contributed by atoms with Gasteiger partial charge in [0.15, 0.2) is 0 Å². The maximum atomic E-state index is 4.64. The highest BCUT2D eigenvalue weighted by Crippen LogP contribution is 2.24. The Hall–Kier alpha value is -0.830. The van der Waals surface area contributed by atoms with Crippen LogP contribution in [-0.4, -0.2) is 9.55 Å². The Morgan fingerprint density at radius 3 is 3.14 bits per heavy atom. The average Bonchev–Trinajstić information content (AvgIpc) is 2.56. The van der Waals surface area contributed by atoms with Gasteiger partial charge >= 0.3 is 0 Å². The number of rotatable bonds is 0. The van der Waals surface area contributed by atoms with Crippen molar-refractivity contribution in [3.8, 4) is 0 Å². The number of fused-ring (bicyclic) bond motifs is 3. The van der Waals surface area contributed by atoms with Gasteiger partial charge in [0.25, 0.3) is 0 Å². The fourth-order valence-electron chi connectivity index (χ4n) is 2.14. The molecule has 72 valence electrons. The number of aryl methyl sites for hydroxylation is 2. The molecule has 14 heavy (non-hydrogen) atoms. The molecule has 0 N–H and O–H groups in total. The molecule has 0 bridgehead atoms. The lowest BCUT2D eigenvalue weighted by Crippen LogP contribution is -2.09. The third-order valence-corrected chi connectivity index (χ3v) is 3.31. The maximum absolute atomic E-state index is 4.64. The molecule has 1 aliphatic rings. The SMILES string of the molecule is Brc1ccc2nc3n(c2c1)CCCC3. The van der Waals surface area contributed by atoms with Gasteiger partial charge in [0, 0.05) is 17.4 Å². The summed E-state index contributed by atoms with van der Waals surface area (Å²) < 4.78 is 3.49. The van der Waals surface area contributed by atoms with E-state index in [0.29, 0.717) is 0 Å². The van der Waals surface area contributed by atoms with Gasteiger partial charge in [-0.15, -0.1) is 0 Å². The quantitative estimate of drug-likeness (QED) is 0.703. The highest BCUT2D eigenvalue weighted by molar-refractivity contribution is 9.10. The number of aromatic nitrogens is 2. The van der Waals surface area contributed by atoms with Crippen molar-refractivity contribution in [3.63, 3.8) is 0 Å². The summed E-state index contributed by atoms with van der Waals surface area (Å²) >= 11 is 3.50. The van der Waals surface area contributed by atoms with E-state index in [2.05, 4.69) is 43.7 Å². The van der Waals surface area contributed by atoms with E-state index in [1.165, 1.54) is 24.2 Å². The molecule has 2 heterocycles. The summed E-state index contributed by atoms with van der Waals surface area (Å²) in [5.74, 6) is 1.25. The summed E-state index contributed by atoms with van der Waals surface area (Å²) in [6.45, 7) is 1.13. The smallest absolute Gasteiger partial charge is 0.109 e. The summed E-state index contributed by atoms with van der Waals surface area (Å²) in [6, 6.07) is 6.31. The van der Waals surface area contributed by atoms with Crippen molar-refractivity contribution in [2.45, 2.75) is 25.8 Å². The van der Waals surface area contributed by atoms with Gasteiger partial charge in [-0.25, -0.2) is 4.98 Å². The van der Waals surface area contributed by atoms with Gasteiger partial charge in [0.2, 0.25) is 0 Å². The van der Waals surface area contributed by atoms with Crippen molar-refractivity contribution < 1.29 is 0 Å². The second-order valence-electron chi connectivity index (χ2n) is 3.77. The molecule has 3 rings (SSSR count). The predicted octanol–water partition coefficient (Wildman–Crippen LogP) is 3.14. The van der Waals surface area contributed by atoms with Crippen LogP contribution in [-0.2, 0) is 13.0 Å². The first-order chi connectivity index (χ1) is 6.84. The van der Waals surface area contributed by atoms with Crippen LogP contribution in [0.25, 0.3) is 11.0 Å². The minimum Gasteiger partial charge on any atom is -0.328 e. The van der Waals surface area contributed by atoms with Crippen LogP contribution in [0, 0.1) is 0 Å². The molecule has 0 amide bonds. The first kappa shape index (κ1) is 8.48. The topological polar surface area (TPSA) is 17.8 Å². The lowest BCUT2D eigenvalue weighted by atomic mass is 10.2. The Bertz CT molecular complexity index is 487. The third-order valence-electron chi connectivity index (χ3n) is 2.82. The molecule has 0 spiro atoms. The fourth-order valence-corrected chi connectivity index (χ4v) is 2.49. The van der Waals surface area contributed by atoms with Crippen LogP contribution in [0.2, 0.25) is 0 Å². The maximum Gasteiger partial charge on any atom is 0.109 e. The first-order valence-electron chi connectivity index (χ1n) is 4.99. The molecule has 0 radical (unpaired) electrons. The molecule has 0 unspecified atom stereocenters. The molecular weight excluding hydrogens is 240 g/mol. The Labute approximate surface area is 91.1 Å². The van der Waals surface area contributed by atoms with Crippen LogP contribution >= 0.6 is 15.9 Å². The lowest BCUT2D eigenvalue weighted by Gasteiger charge is -2.13. The van der Waals surface area contributed by atoms with Crippen LogP contribution in [0.15, 0.2) is 22.7 Å². The second-order valence-corrected chi connectivity index (χ2v) is 4.69. The van der Waals surface area contributed by atoms with Crippen LogP contribution in [0.1, 0.15) is 18.7 Å². The normalized spacial score (nSPS) is 15.8. The van der Waals surface area contributed by atoms with E-state index in [1.54, 1.807) is 0 Å². The lowest BCUT2D eigenvalue weighted by molar-refractivity contribution is 0.533. The van der Waals surface area contributed by atoms with Gasteiger partial charge in [0.05, 0.1) is 11.0 Å². The fraction of sp³-hybridized carbons (Fsp3) is 0.364. The molecule has 2 nitrogen and oxygen atoms in total. The van der Waals surface area contributed by atoms with Gasteiger partial charge in [-0.2, -0.15) is 0 Å². The number of benzene rings is 1. The molecular formula is C11H11BrN2. The highest BCUT2D eigenvalue weighted by atomic mass is 79.9. The largest absolute Gasteiger partial charge is 0.328 e. The van der Waals surface area contributed by atoms with Crippen LogP contribution in [0.3, 0.4) is 0 Å². The first-order valence-corrected chi connectivity index (χ1v) is 5.78. The van der Waals surface area contributed by atoms with E-state index in [1.807, 2.05) is 0 Å². The van der Waals surface area contributed by atoms with Crippen molar-refractivity contribution in [1.82, 2.24) is 9.55 Å². The van der Waals surface area contributed by atoms with Gasteiger partial charge in [0.1, 0.15) is 5.82 Å². The molecule has 3 heteroatoms. The van der Waals surface area contributed by atoms with Gasteiger partial charge < -0.3 is 4.57 Å². The molecule has 0 fully saturated rings. The zero-order valence-electron chi connectivity index (χ0n) is 7.83. The Morgan fingerprint density at radius 2 is 2.21 bits per heavy atom. The van der Waals surface area contributed by atoms with E-state index in [4.69, 9.17) is 0 Å². The van der Waals surface area contributed by atoms with Gasteiger partial charge in [-0.05, 0) is 31.0 Å². The Morgan fingerprint density at radius 1 is 1.29 bits per heavy atom. The molecule has 0 atom stereocenters. The van der Waals surface area contributed by atoms with Crippen molar-refractivity contribution in [1.29, 1.82) is 0 Å². The van der Waals surface area contributed by atoms with E-state index in [-0.39, 0.29) is 0 Å². The van der Waals surface area contributed by atoms with Gasteiger partial charge in [-0.1, -0.05) is 15.9 Å². The number of nitrogens with zero attached hydrogens (tertiary/aromatic N) is 2. The van der Waals surface area contributed by atoms with E-state index in [0.717, 1.165) is 23.0 Å². The average molecular weight is 251 g/mol. The van der Waals surface area contributed by atoms with Crippen molar-refractivity contribution in [3.05, 3.63) is 28.5 Å². The number of hydrogen-bond acceptors (Lipinski definition) is 1. The Balaban J connectivity index is 2.32. The molecule has 0 saturated heterocycles. The molecule has 1 aromatic heterocycles. The third kappa shape index (κ3) is 1.19. The minimum atomic E-state index is 1.13. The summed E-state index contributed by atoms with van der Waals surface area (Å²) in [7, 11) is 0. The zero-order valence-corrected chi connectivity index (χ0v) is 9.42. The van der Waals surface area contributed by atoms with Crippen LogP contribution < -0.4 is 0 Å². The van der Waals surface area contributed by atoms with Gasteiger partial charge in [-0.3, -0.25) is 0 Å². The molecule has 0 aliphatic carbocycles. The van der Waals surface area contributed by atoms with Crippen LogP contribution in [0.4, 0.5) is 0 Å². The zero-order chi connectivity index (χ0) is 9.54. The number of hydrogen-bond donors (Lipinski definition) is 0. The monoisotopic (exact) mass is 250 g/mol. The molecule has 1 aliphatic heterocycles. The number of halogens is 1. The standard InChI is InChI=1S/C11H11BrN2/c12-8-4-5-9-10(7-8)14-6-2-1-3-11(14)13-9/h4-5,7H,1-3,6H2. The second kappa shape index (κ2) is 3.09. The summed E-state index contributed by atoms with van der Waals surface area (Å²) in [4.78, 5) is 4.64. The number of imidazole rings is 1. The van der Waals surface area contributed by atoms with Crippen molar-refractivity contribution in [2.24, 2.45) is 0 Å². The van der Waals surface area contributed by atoms with E-state index in [9.17, 15) is 0 Å². The molecule has 0 saturated carbocycles. The summed E-state index contributed by atoms with van der Waals surface area (Å²) in [5.41, 5.74) is 2.40. The Kier molecular flexibility index (Phi) is 1.87.